The van der Waals surface area contributed by atoms with Crippen LogP contribution in [-0.4, -0.2) is 23.2 Å². The normalized spacial score (nSPS) is 23.9. The summed E-state index contributed by atoms with van der Waals surface area (Å²) in [6.45, 7) is 2.58. The molecule has 2 atom stereocenters. The van der Waals surface area contributed by atoms with Gasteiger partial charge < -0.3 is 15.2 Å². The van der Waals surface area contributed by atoms with Crippen LogP contribution in [0.5, 0.6) is 5.88 Å². The predicted octanol–water partition coefficient (Wildman–Crippen LogP) is 2.16. The van der Waals surface area contributed by atoms with Crippen LogP contribution in [0.15, 0.2) is 6.07 Å². The van der Waals surface area contributed by atoms with Crippen LogP contribution in [0.3, 0.4) is 0 Å². The van der Waals surface area contributed by atoms with Crippen molar-refractivity contribution >= 4 is 5.82 Å². The fourth-order valence-corrected chi connectivity index (χ4v) is 2.36. The first-order valence-corrected chi connectivity index (χ1v) is 6.48. The van der Waals surface area contributed by atoms with E-state index in [0.717, 1.165) is 6.42 Å². The highest BCUT2D eigenvalue weighted by atomic mass is 16.5. The molecule has 1 fully saturated rings. The maximum absolute atomic E-state index is 5.95. The number of hydrogen-bond acceptors (Lipinski definition) is 5. The second kappa shape index (κ2) is 6.00. The topological polar surface area (TPSA) is 70.3 Å². The Kier molecular flexibility index (Phi) is 4.36. The zero-order valence-corrected chi connectivity index (χ0v) is 11.1. The number of anilines is 1. The van der Waals surface area contributed by atoms with Crippen LogP contribution in [-0.2, 0) is 11.3 Å². The molecular weight excluding hydrogens is 230 g/mol. The van der Waals surface area contributed by atoms with E-state index in [1.807, 2.05) is 0 Å². The first-order valence-electron chi connectivity index (χ1n) is 6.48. The molecule has 0 amide bonds. The summed E-state index contributed by atoms with van der Waals surface area (Å²) < 4.78 is 11.0. The second-order valence-electron chi connectivity index (χ2n) is 4.90. The molecule has 1 heterocycles. The quantitative estimate of drug-likeness (QED) is 0.888. The molecule has 0 aliphatic heterocycles. The van der Waals surface area contributed by atoms with Gasteiger partial charge in [0.1, 0.15) is 18.5 Å². The van der Waals surface area contributed by atoms with Gasteiger partial charge in [0.05, 0.1) is 0 Å². The van der Waals surface area contributed by atoms with Gasteiger partial charge in [-0.15, -0.1) is 0 Å². The van der Waals surface area contributed by atoms with Crippen LogP contribution in [0.25, 0.3) is 0 Å². The number of ether oxygens (including phenoxy) is 2. The third-order valence-corrected chi connectivity index (χ3v) is 3.35. The molecule has 0 radical (unpaired) electrons. The summed E-state index contributed by atoms with van der Waals surface area (Å²) >= 11 is 0. The summed E-state index contributed by atoms with van der Waals surface area (Å²) in [5.41, 5.74) is 5.74. The molecule has 2 rings (SSSR count). The molecule has 0 aromatic carbocycles. The minimum Gasteiger partial charge on any atom is -0.474 e. The van der Waals surface area contributed by atoms with Crippen LogP contribution in [0.2, 0.25) is 0 Å². The highest BCUT2D eigenvalue weighted by molar-refractivity contribution is 5.32. The zero-order valence-electron chi connectivity index (χ0n) is 11.1. The Balaban J connectivity index is 2.07. The van der Waals surface area contributed by atoms with Crippen molar-refractivity contribution < 1.29 is 9.47 Å². The molecule has 18 heavy (non-hydrogen) atoms. The standard InChI is InChI=1S/C13H21N3O2/c1-9-5-3-4-6-10(9)18-13-7-11(14)15-12(16-13)8-17-2/h7,9-10H,3-6,8H2,1-2H3,(H2,14,15,16). The molecule has 1 saturated carbocycles. The Morgan fingerprint density at radius 1 is 1.33 bits per heavy atom. The number of methoxy groups -OCH3 is 1. The van der Waals surface area contributed by atoms with Crippen molar-refractivity contribution in [1.82, 2.24) is 9.97 Å². The zero-order chi connectivity index (χ0) is 13.0. The Morgan fingerprint density at radius 3 is 2.83 bits per heavy atom. The SMILES string of the molecule is COCc1nc(N)cc(OC2CCCCC2C)n1. The Morgan fingerprint density at radius 2 is 2.11 bits per heavy atom. The fraction of sp³-hybridized carbons (Fsp3) is 0.692. The summed E-state index contributed by atoms with van der Waals surface area (Å²) in [5, 5.41) is 0. The Hall–Kier alpha value is -1.36. The lowest BCUT2D eigenvalue weighted by molar-refractivity contribution is 0.0961. The van der Waals surface area contributed by atoms with E-state index >= 15 is 0 Å². The van der Waals surface area contributed by atoms with Crippen molar-refractivity contribution in [3.05, 3.63) is 11.9 Å². The van der Waals surface area contributed by atoms with Gasteiger partial charge in [-0.2, -0.15) is 4.98 Å². The fourth-order valence-electron chi connectivity index (χ4n) is 2.36. The average molecular weight is 251 g/mol. The van der Waals surface area contributed by atoms with Crippen LogP contribution >= 0.6 is 0 Å². The number of hydrogen-bond donors (Lipinski definition) is 1. The van der Waals surface area contributed by atoms with Gasteiger partial charge in [-0.05, 0) is 25.2 Å². The molecule has 0 bridgehead atoms. The van der Waals surface area contributed by atoms with Gasteiger partial charge in [-0.1, -0.05) is 13.3 Å². The van der Waals surface area contributed by atoms with Crippen molar-refractivity contribution in [2.24, 2.45) is 5.92 Å². The maximum Gasteiger partial charge on any atom is 0.219 e. The third kappa shape index (κ3) is 3.32. The summed E-state index contributed by atoms with van der Waals surface area (Å²) in [5.74, 6) is 2.13. The highest BCUT2D eigenvalue weighted by Crippen LogP contribution is 2.27. The van der Waals surface area contributed by atoms with Crippen molar-refractivity contribution in [3.8, 4) is 5.88 Å². The summed E-state index contributed by atoms with van der Waals surface area (Å²) in [7, 11) is 1.61. The molecule has 1 aliphatic rings. The Labute approximate surface area is 108 Å². The van der Waals surface area contributed by atoms with E-state index in [2.05, 4.69) is 16.9 Å². The van der Waals surface area contributed by atoms with E-state index in [0.29, 0.717) is 30.0 Å². The van der Waals surface area contributed by atoms with E-state index < -0.39 is 0 Å². The van der Waals surface area contributed by atoms with Gasteiger partial charge in [0, 0.05) is 13.2 Å². The van der Waals surface area contributed by atoms with Crippen LogP contribution in [0, 0.1) is 5.92 Å². The van der Waals surface area contributed by atoms with Gasteiger partial charge in [0.2, 0.25) is 5.88 Å². The molecule has 0 spiro atoms. The number of rotatable bonds is 4. The van der Waals surface area contributed by atoms with Gasteiger partial charge >= 0.3 is 0 Å². The molecule has 2 unspecified atom stereocenters. The highest BCUT2D eigenvalue weighted by Gasteiger charge is 2.23. The van der Waals surface area contributed by atoms with Crippen molar-refractivity contribution in [2.45, 2.75) is 45.3 Å². The lowest BCUT2D eigenvalue weighted by Crippen LogP contribution is -2.28. The molecule has 1 aliphatic carbocycles. The van der Waals surface area contributed by atoms with Gasteiger partial charge in [0.15, 0.2) is 5.82 Å². The van der Waals surface area contributed by atoms with Crippen LogP contribution in [0.4, 0.5) is 5.82 Å². The molecular formula is C13H21N3O2. The van der Waals surface area contributed by atoms with Gasteiger partial charge in [-0.25, -0.2) is 4.98 Å². The molecule has 1 aromatic rings. The van der Waals surface area contributed by atoms with E-state index in [9.17, 15) is 0 Å². The summed E-state index contributed by atoms with van der Waals surface area (Å²) in [4.78, 5) is 8.41. The third-order valence-electron chi connectivity index (χ3n) is 3.35. The summed E-state index contributed by atoms with van der Waals surface area (Å²) in [6.07, 6.45) is 5.06. The first kappa shape index (κ1) is 13.1. The van der Waals surface area contributed by atoms with Crippen molar-refractivity contribution in [1.29, 1.82) is 0 Å². The lowest BCUT2D eigenvalue weighted by atomic mass is 9.88. The molecule has 100 valence electrons. The van der Waals surface area contributed by atoms with E-state index in [1.54, 1.807) is 13.2 Å². The molecule has 5 heteroatoms. The minimum absolute atomic E-state index is 0.239. The van der Waals surface area contributed by atoms with Crippen molar-refractivity contribution in [2.75, 3.05) is 12.8 Å². The van der Waals surface area contributed by atoms with E-state index in [4.69, 9.17) is 15.2 Å². The van der Waals surface area contributed by atoms with Crippen LogP contribution < -0.4 is 10.5 Å². The lowest BCUT2D eigenvalue weighted by Gasteiger charge is -2.28. The predicted molar refractivity (Wildman–Crippen MR) is 69.2 cm³/mol. The number of nitrogens with zero attached hydrogens (tertiary/aromatic N) is 2. The second-order valence-corrected chi connectivity index (χ2v) is 4.90. The smallest absolute Gasteiger partial charge is 0.219 e. The van der Waals surface area contributed by atoms with E-state index in [1.165, 1.54) is 19.3 Å². The monoisotopic (exact) mass is 251 g/mol. The van der Waals surface area contributed by atoms with Crippen LogP contribution in [0.1, 0.15) is 38.4 Å². The largest absolute Gasteiger partial charge is 0.474 e. The molecule has 2 N–H and O–H groups in total. The summed E-state index contributed by atoms with van der Waals surface area (Å²) in [6, 6.07) is 1.68. The number of aromatic nitrogens is 2. The number of nitrogens with two attached hydrogens (primary N) is 1. The minimum atomic E-state index is 0.239. The molecule has 5 nitrogen and oxygen atoms in total. The van der Waals surface area contributed by atoms with Gasteiger partial charge in [0.25, 0.3) is 0 Å². The molecule has 0 saturated heterocycles. The van der Waals surface area contributed by atoms with E-state index in [-0.39, 0.29) is 6.10 Å². The first-order chi connectivity index (χ1) is 8.69. The van der Waals surface area contributed by atoms with Crippen molar-refractivity contribution in [3.63, 3.8) is 0 Å². The van der Waals surface area contributed by atoms with Gasteiger partial charge in [-0.3, -0.25) is 0 Å². The maximum atomic E-state index is 5.95. The number of nitrogen functional groups attached to an aromatic ring is 1. The Bertz CT molecular complexity index is 398. The average Bonchev–Trinajstić information content (AvgIpc) is 2.32. The molecule has 1 aromatic heterocycles.